The van der Waals surface area contributed by atoms with Crippen molar-refractivity contribution in [1.29, 1.82) is 0 Å². The van der Waals surface area contributed by atoms with Gasteiger partial charge in [-0.05, 0) is 52.5 Å². The number of hydrogen-bond donors (Lipinski definition) is 2. The van der Waals surface area contributed by atoms with Crippen LogP contribution in [0.1, 0.15) is 94.2 Å². The van der Waals surface area contributed by atoms with Crippen LogP contribution in [0.25, 0.3) is 0 Å². The van der Waals surface area contributed by atoms with Gasteiger partial charge in [0, 0.05) is 18.2 Å². The van der Waals surface area contributed by atoms with Gasteiger partial charge in [0.05, 0.1) is 11.1 Å². The van der Waals surface area contributed by atoms with Crippen LogP contribution in [0.4, 0.5) is 0 Å². The minimum absolute atomic E-state index is 0.129. The lowest BCUT2D eigenvalue weighted by Gasteiger charge is -2.26. The summed E-state index contributed by atoms with van der Waals surface area (Å²) in [4.78, 5) is 12.6. The van der Waals surface area contributed by atoms with Crippen LogP contribution < -0.4 is 5.32 Å². The summed E-state index contributed by atoms with van der Waals surface area (Å²) in [5.74, 6) is 0.377. The summed E-state index contributed by atoms with van der Waals surface area (Å²) in [6.45, 7) is 6.67. The van der Waals surface area contributed by atoms with Crippen molar-refractivity contribution in [1.82, 2.24) is 15.1 Å². The summed E-state index contributed by atoms with van der Waals surface area (Å²) >= 11 is 0. The molecule has 24 heavy (non-hydrogen) atoms. The first-order valence-electron chi connectivity index (χ1n) is 9.40. The standard InChI is InChI=1S/C19H31N3O2/c1-18(2,3)22-16(14-8-9-14)12-15(21-22)17(23)20-13-19(24)10-6-4-5-7-11-19/h12,14,24H,4-11,13H2,1-3H3,(H,20,23). The van der Waals surface area contributed by atoms with Gasteiger partial charge in [-0.15, -0.1) is 0 Å². The normalized spacial score (nSPS) is 21.3. The molecule has 0 spiro atoms. The van der Waals surface area contributed by atoms with E-state index in [1.54, 1.807) is 0 Å². The molecule has 1 aromatic heterocycles. The van der Waals surface area contributed by atoms with Gasteiger partial charge in [-0.1, -0.05) is 25.7 Å². The van der Waals surface area contributed by atoms with Crippen molar-refractivity contribution in [3.05, 3.63) is 17.5 Å². The molecule has 134 valence electrons. The summed E-state index contributed by atoms with van der Waals surface area (Å²) in [5, 5.41) is 18.2. The van der Waals surface area contributed by atoms with Crippen LogP contribution in [0.5, 0.6) is 0 Å². The number of hydrogen-bond acceptors (Lipinski definition) is 3. The number of nitrogens with one attached hydrogen (secondary N) is 1. The zero-order valence-corrected chi connectivity index (χ0v) is 15.3. The molecular weight excluding hydrogens is 302 g/mol. The number of aromatic nitrogens is 2. The van der Waals surface area contributed by atoms with E-state index in [0.29, 0.717) is 18.2 Å². The Morgan fingerprint density at radius 3 is 2.46 bits per heavy atom. The molecule has 0 atom stereocenters. The predicted octanol–water partition coefficient (Wildman–Crippen LogP) is 3.33. The Morgan fingerprint density at radius 1 is 1.29 bits per heavy atom. The number of amides is 1. The molecule has 5 heteroatoms. The average molecular weight is 333 g/mol. The molecule has 0 radical (unpaired) electrons. The summed E-state index contributed by atoms with van der Waals surface area (Å²) < 4.78 is 2.00. The highest BCUT2D eigenvalue weighted by molar-refractivity contribution is 5.92. The fourth-order valence-electron chi connectivity index (χ4n) is 3.61. The number of aliphatic hydroxyl groups is 1. The van der Waals surface area contributed by atoms with Crippen molar-refractivity contribution in [2.45, 2.75) is 89.2 Å². The van der Waals surface area contributed by atoms with Crippen LogP contribution >= 0.6 is 0 Å². The van der Waals surface area contributed by atoms with Gasteiger partial charge in [0.1, 0.15) is 5.69 Å². The summed E-state index contributed by atoms with van der Waals surface area (Å²) in [7, 11) is 0. The molecule has 2 aliphatic carbocycles. The van der Waals surface area contributed by atoms with Crippen LogP contribution in [0, 0.1) is 0 Å². The fourth-order valence-corrected chi connectivity index (χ4v) is 3.61. The number of carbonyl (C=O) groups excluding carboxylic acids is 1. The largest absolute Gasteiger partial charge is 0.388 e. The number of rotatable bonds is 4. The molecule has 2 aliphatic rings. The Labute approximate surface area is 144 Å². The van der Waals surface area contributed by atoms with E-state index in [4.69, 9.17) is 0 Å². The minimum Gasteiger partial charge on any atom is -0.388 e. The lowest BCUT2D eigenvalue weighted by Crippen LogP contribution is -2.42. The molecular formula is C19H31N3O2. The monoisotopic (exact) mass is 333 g/mol. The molecule has 2 N–H and O–H groups in total. The van der Waals surface area contributed by atoms with Gasteiger partial charge in [0.15, 0.2) is 0 Å². The van der Waals surface area contributed by atoms with Gasteiger partial charge in [0.2, 0.25) is 0 Å². The van der Waals surface area contributed by atoms with Crippen LogP contribution in [0.15, 0.2) is 6.07 Å². The molecule has 5 nitrogen and oxygen atoms in total. The molecule has 2 saturated carbocycles. The molecule has 0 saturated heterocycles. The molecule has 0 unspecified atom stereocenters. The third-order valence-electron chi connectivity index (χ3n) is 5.21. The van der Waals surface area contributed by atoms with E-state index in [-0.39, 0.29) is 11.4 Å². The van der Waals surface area contributed by atoms with Crippen molar-refractivity contribution in [3.63, 3.8) is 0 Å². The second-order valence-electron chi connectivity index (χ2n) is 8.63. The first-order valence-corrected chi connectivity index (χ1v) is 9.40. The Kier molecular flexibility index (Phi) is 4.73. The molecule has 1 amide bonds. The Balaban J connectivity index is 1.69. The van der Waals surface area contributed by atoms with E-state index < -0.39 is 5.60 Å². The molecule has 1 aromatic rings. The Bertz CT molecular complexity index is 588. The van der Waals surface area contributed by atoms with Gasteiger partial charge >= 0.3 is 0 Å². The molecule has 1 heterocycles. The highest BCUT2D eigenvalue weighted by Gasteiger charge is 2.33. The lowest BCUT2D eigenvalue weighted by molar-refractivity contribution is 0.0245. The molecule has 0 bridgehead atoms. The number of nitrogens with zero attached hydrogens (tertiary/aromatic N) is 2. The molecule has 2 fully saturated rings. The maximum atomic E-state index is 12.6. The first kappa shape index (κ1) is 17.5. The first-order chi connectivity index (χ1) is 11.3. The second-order valence-corrected chi connectivity index (χ2v) is 8.63. The van der Waals surface area contributed by atoms with Gasteiger partial charge in [-0.3, -0.25) is 9.48 Å². The molecule has 3 rings (SSSR count). The zero-order valence-electron chi connectivity index (χ0n) is 15.3. The lowest BCUT2D eigenvalue weighted by atomic mass is 9.94. The van der Waals surface area contributed by atoms with Gasteiger partial charge in [0.25, 0.3) is 5.91 Å². The predicted molar refractivity (Wildman–Crippen MR) is 94.2 cm³/mol. The quantitative estimate of drug-likeness (QED) is 0.831. The summed E-state index contributed by atoms with van der Waals surface area (Å²) in [6.07, 6.45) is 8.35. The second kappa shape index (κ2) is 6.51. The third-order valence-corrected chi connectivity index (χ3v) is 5.21. The van der Waals surface area contributed by atoms with Crippen molar-refractivity contribution < 1.29 is 9.90 Å². The smallest absolute Gasteiger partial charge is 0.271 e. The van der Waals surface area contributed by atoms with E-state index in [2.05, 4.69) is 31.2 Å². The van der Waals surface area contributed by atoms with Gasteiger partial charge in [-0.25, -0.2) is 0 Å². The van der Waals surface area contributed by atoms with E-state index in [1.165, 1.54) is 31.4 Å². The maximum Gasteiger partial charge on any atom is 0.271 e. The Hall–Kier alpha value is -1.36. The van der Waals surface area contributed by atoms with Crippen LogP contribution in [-0.4, -0.2) is 32.9 Å². The van der Waals surface area contributed by atoms with Crippen molar-refractivity contribution >= 4 is 5.91 Å². The van der Waals surface area contributed by atoms with E-state index in [0.717, 1.165) is 25.7 Å². The number of carbonyl (C=O) groups is 1. The van der Waals surface area contributed by atoms with Gasteiger partial charge in [-0.2, -0.15) is 5.10 Å². The highest BCUT2D eigenvalue weighted by Crippen LogP contribution is 2.41. The van der Waals surface area contributed by atoms with Crippen LogP contribution in [-0.2, 0) is 5.54 Å². The van der Waals surface area contributed by atoms with Crippen molar-refractivity contribution in [2.75, 3.05) is 6.54 Å². The minimum atomic E-state index is -0.752. The van der Waals surface area contributed by atoms with Crippen molar-refractivity contribution in [3.8, 4) is 0 Å². The van der Waals surface area contributed by atoms with Gasteiger partial charge < -0.3 is 10.4 Å². The zero-order chi connectivity index (χ0) is 17.4. The van der Waals surface area contributed by atoms with Crippen molar-refractivity contribution in [2.24, 2.45) is 0 Å². The molecule has 0 aliphatic heterocycles. The SMILES string of the molecule is CC(C)(C)n1nc(C(=O)NCC2(O)CCCCCC2)cc1C1CC1. The Morgan fingerprint density at radius 2 is 1.92 bits per heavy atom. The maximum absolute atomic E-state index is 12.6. The fraction of sp³-hybridized carbons (Fsp3) is 0.789. The highest BCUT2D eigenvalue weighted by atomic mass is 16.3. The summed E-state index contributed by atoms with van der Waals surface area (Å²) in [6, 6.07) is 1.94. The van der Waals surface area contributed by atoms with Crippen LogP contribution in [0.2, 0.25) is 0 Å². The van der Waals surface area contributed by atoms with E-state index in [9.17, 15) is 9.90 Å². The topological polar surface area (TPSA) is 67.2 Å². The van der Waals surface area contributed by atoms with Crippen LogP contribution in [0.3, 0.4) is 0 Å². The molecule has 0 aromatic carbocycles. The summed E-state index contributed by atoms with van der Waals surface area (Å²) in [5.41, 5.74) is 0.762. The van der Waals surface area contributed by atoms with E-state index in [1.807, 2.05) is 10.7 Å². The van der Waals surface area contributed by atoms with E-state index >= 15 is 0 Å². The average Bonchev–Trinajstić information content (AvgIpc) is 3.29. The third kappa shape index (κ3) is 4.00.